The first-order valence-corrected chi connectivity index (χ1v) is 16.1. The molecule has 0 aliphatic carbocycles. The summed E-state index contributed by atoms with van der Waals surface area (Å²) < 4.78 is 25.0. The molecule has 13 nitrogen and oxygen atoms in total. The minimum absolute atomic E-state index is 0.00576. The monoisotopic (exact) mass is 706 g/mol. The molecule has 0 amide bonds. The third-order valence-electron chi connectivity index (χ3n) is 9.49. The molecule has 13 heteroatoms. The number of benzene rings is 5. The van der Waals surface area contributed by atoms with E-state index in [4.69, 9.17) is 18.9 Å². The van der Waals surface area contributed by atoms with Gasteiger partial charge in [0, 0.05) is 58.5 Å². The van der Waals surface area contributed by atoms with Crippen LogP contribution in [0.2, 0.25) is 0 Å². The molecule has 3 aliphatic rings. The second-order valence-corrected chi connectivity index (χ2v) is 12.7. The summed E-state index contributed by atoms with van der Waals surface area (Å²) in [5.74, 6) is -7.23. The van der Waals surface area contributed by atoms with E-state index < -0.39 is 64.7 Å². The molecule has 5 aromatic rings. The van der Waals surface area contributed by atoms with Gasteiger partial charge in [0.05, 0.1) is 5.92 Å². The van der Waals surface area contributed by atoms with Crippen molar-refractivity contribution in [3.8, 4) is 57.5 Å². The van der Waals surface area contributed by atoms with Crippen LogP contribution in [0.3, 0.4) is 0 Å². The van der Waals surface area contributed by atoms with E-state index in [2.05, 4.69) is 0 Å². The Morgan fingerprint density at radius 3 is 2.13 bits per heavy atom. The maximum Gasteiger partial charge on any atom is 0.331 e. The topological polar surface area (TPSA) is 216 Å². The first-order chi connectivity index (χ1) is 24.9. The van der Waals surface area contributed by atoms with E-state index in [0.29, 0.717) is 0 Å². The second kappa shape index (κ2) is 12.0. The third kappa shape index (κ3) is 5.17. The molecule has 3 aliphatic heterocycles. The molecule has 264 valence electrons. The summed E-state index contributed by atoms with van der Waals surface area (Å²) >= 11 is 0. The van der Waals surface area contributed by atoms with Gasteiger partial charge in [0.2, 0.25) is 0 Å². The Hall–Kier alpha value is -6.73. The number of ether oxygens (including phenoxy) is 4. The summed E-state index contributed by atoms with van der Waals surface area (Å²) in [4.78, 5) is 13.1. The van der Waals surface area contributed by atoms with Crippen molar-refractivity contribution in [3.05, 3.63) is 124 Å². The summed E-state index contributed by atoms with van der Waals surface area (Å²) in [6, 6.07) is 20.2. The lowest BCUT2D eigenvalue weighted by atomic mass is 9.74. The van der Waals surface area contributed by atoms with Gasteiger partial charge < -0.3 is 59.8 Å². The Bertz CT molecular complexity index is 2280. The zero-order valence-electron chi connectivity index (χ0n) is 26.9. The van der Waals surface area contributed by atoms with Crippen LogP contribution in [0.4, 0.5) is 0 Å². The van der Waals surface area contributed by atoms with Crippen LogP contribution >= 0.6 is 0 Å². The lowest BCUT2D eigenvalue weighted by Crippen LogP contribution is -2.57. The fourth-order valence-corrected chi connectivity index (χ4v) is 7.09. The van der Waals surface area contributed by atoms with Gasteiger partial charge in [-0.05, 0) is 42.0 Å². The van der Waals surface area contributed by atoms with Crippen LogP contribution in [0.25, 0.3) is 6.08 Å². The molecule has 0 saturated carbocycles. The number of carbonyl (C=O) groups is 1. The maximum absolute atomic E-state index is 13.1. The number of phenols is 7. The maximum atomic E-state index is 13.1. The quantitative estimate of drug-likeness (QED) is 0.0683. The predicted molar refractivity (Wildman–Crippen MR) is 181 cm³/mol. The number of fused-ring (bicyclic) bond motifs is 8. The molecule has 3 unspecified atom stereocenters. The van der Waals surface area contributed by atoms with Crippen molar-refractivity contribution in [1.29, 1.82) is 0 Å². The standard InChI is InChI=1S/C39H30O13/c40-21-14-28(46)33-29(15-21)51-39(20-8-10-24(42)27(45)13-20)38(48)35(33)34-30(52-39)17-25(43)22-16-31(49-32(47)11-6-18-4-2-1-3-5-18)36(50-37(22)34)19-7-9-23(41)26(44)12-19/h1-15,17,31,35-36,38,40-46,48H,16H2/b11-6+/t31?,35-,36?,38?,39+/m1/s1. The van der Waals surface area contributed by atoms with Crippen molar-refractivity contribution >= 4 is 12.0 Å². The normalized spacial score (nSPS) is 22.6. The highest BCUT2D eigenvalue weighted by Crippen LogP contribution is 2.62. The lowest BCUT2D eigenvalue weighted by Gasteiger charge is -2.50. The predicted octanol–water partition coefficient (Wildman–Crippen LogP) is 5.06. The summed E-state index contributed by atoms with van der Waals surface area (Å²) in [6.07, 6.45) is -1.24. The van der Waals surface area contributed by atoms with Crippen molar-refractivity contribution in [2.24, 2.45) is 0 Å². The first-order valence-electron chi connectivity index (χ1n) is 16.1. The van der Waals surface area contributed by atoms with Gasteiger partial charge in [0.15, 0.2) is 29.1 Å². The van der Waals surface area contributed by atoms with Crippen molar-refractivity contribution < 1.29 is 64.6 Å². The van der Waals surface area contributed by atoms with E-state index in [9.17, 15) is 45.6 Å². The molecular weight excluding hydrogens is 676 g/mol. The number of phenolic OH excluding ortho intramolecular Hbond substituents is 7. The number of carbonyl (C=O) groups excluding carboxylic acids is 1. The minimum atomic E-state index is -2.14. The number of aliphatic hydroxyl groups is 1. The van der Waals surface area contributed by atoms with Crippen LogP contribution < -0.4 is 14.2 Å². The highest BCUT2D eigenvalue weighted by Gasteiger charge is 2.60. The average molecular weight is 707 g/mol. The zero-order chi connectivity index (χ0) is 36.5. The molecule has 0 saturated heterocycles. The smallest absolute Gasteiger partial charge is 0.331 e. The number of rotatable bonds is 5. The van der Waals surface area contributed by atoms with E-state index in [-0.39, 0.29) is 63.0 Å². The Kier molecular flexibility index (Phi) is 7.46. The van der Waals surface area contributed by atoms with Gasteiger partial charge in [-0.15, -0.1) is 0 Å². The van der Waals surface area contributed by atoms with Gasteiger partial charge in [0.25, 0.3) is 0 Å². The zero-order valence-corrected chi connectivity index (χ0v) is 26.9. The molecule has 0 fully saturated rings. The molecule has 52 heavy (non-hydrogen) atoms. The SMILES string of the molecule is O=C(/C=C/c1ccccc1)OC1Cc2c(O)cc3c(c2OC1c1ccc(O)c(O)c1)[C@H]1c2c(O)cc(O)cc2O[C@@](c2ccc(O)c(O)c2)(O3)C1O. The number of aliphatic hydroxyl groups excluding tert-OH is 1. The van der Waals surface area contributed by atoms with Crippen molar-refractivity contribution in [3.63, 3.8) is 0 Å². The highest BCUT2D eigenvalue weighted by atomic mass is 16.7. The Balaban J connectivity index is 1.28. The summed E-state index contributed by atoms with van der Waals surface area (Å²) in [5.41, 5.74) is 1.45. The fourth-order valence-electron chi connectivity index (χ4n) is 7.09. The van der Waals surface area contributed by atoms with Gasteiger partial charge in [-0.1, -0.05) is 36.4 Å². The summed E-state index contributed by atoms with van der Waals surface area (Å²) in [6.45, 7) is 0. The van der Waals surface area contributed by atoms with Crippen LogP contribution in [0.5, 0.6) is 57.5 Å². The highest BCUT2D eigenvalue weighted by molar-refractivity contribution is 5.87. The molecule has 0 spiro atoms. The van der Waals surface area contributed by atoms with Gasteiger partial charge in [-0.25, -0.2) is 4.79 Å². The van der Waals surface area contributed by atoms with E-state index in [0.717, 1.165) is 17.7 Å². The number of hydrogen-bond donors (Lipinski definition) is 8. The fraction of sp³-hybridized carbons (Fsp3) is 0.154. The molecule has 0 radical (unpaired) electrons. The van der Waals surface area contributed by atoms with Crippen LogP contribution in [-0.2, 0) is 21.7 Å². The molecule has 5 aromatic carbocycles. The van der Waals surface area contributed by atoms with Crippen LogP contribution in [0.15, 0.2) is 91.0 Å². The number of aromatic hydroxyl groups is 7. The molecule has 3 heterocycles. The molecular formula is C39H30O13. The van der Waals surface area contributed by atoms with Crippen LogP contribution in [0.1, 0.15) is 45.4 Å². The molecule has 2 bridgehead atoms. The largest absolute Gasteiger partial charge is 0.508 e. The Morgan fingerprint density at radius 2 is 1.42 bits per heavy atom. The van der Waals surface area contributed by atoms with Gasteiger partial charge in [-0.3, -0.25) is 0 Å². The lowest BCUT2D eigenvalue weighted by molar-refractivity contribution is -0.219. The van der Waals surface area contributed by atoms with Gasteiger partial charge >= 0.3 is 11.8 Å². The number of esters is 1. The molecule has 5 atom stereocenters. The molecule has 8 rings (SSSR count). The summed E-state index contributed by atoms with van der Waals surface area (Å²) in [7, 11) is 0. The average Bonchev–Trinajstić information content (AvgIpc) is 3.10. The second-order valence-electron chi connectivity index (χ2n) is 12.7. The van der Waals surface area contributed by atoms with Gasteiger partial charge in [0.1, 0.15) is 46.7 Å². The molecule has 0 aromatic heterocycles. The van der Waals surface area contributed by atoms with Crippen LogP contribution in [0, 0.1) is 0 Å². The van der Waals surface area contributed by atoms with Crippen LogP contribution in [-0.4, -0.2) is 59.0 Å². The van der Waals surface area contributed by atoms with E-state index in [1.54, 1.807) is 18.2 Å². The van der Waals surface area contributed by atoms with E-state index >= 15 is 0 Å². The summed E-state index contributed by atoms with van der Waals surface area (Å²) in [5, 5.41) is 86.1. The number of hydrogen-bond acceptors (Lipinski definition) is 13. The van der Waals surface area contributed by atoms with Crippen molar-refractivity contribution in [1.82, 2.24) is 0 Å². The van der Waals surface area contributed by atoms with Gasteiger partial charge in [-0.2, -0.15) is 0 Å². The molecule has 8 N–H and O–H groups in total. The Labute approximate surface area is 294 Å². The van der Waals surface area contributed by atoms with E-state index in [1.807, 2.05) is 18.2 Å². The van der Waals surface area contributed by atoms with E-state index in [1.165, 1.54) is 48.5 Å². The minimum Gasteiger partial charge on any atom is -0.508 e. The first kappa shape index (κ1) is 32.5. The van der Waals surface area contributed by atoms with Crippen molar-refractivity contribution in [2.75, 3.05) is 0 Å². The van der Waals surface area contributed by atoms with Crippen molar-refractivity contribution in [2.45, 2.75) is 36.4 Å². The third-order valence-corrected chi connectivity index (χ3v) is 9.49. The Morgan fingerprint density at radius 1 is 0.731 bits per heavy atom.